The molecule has 0 aliphatic heterocycles. The van der Waals surface area contributed by atoms with E-state index in [0.29, 0.717) is 12.3 Å². The number of nitrogens with zero attached hydrogens (tertiary/aromatic N) is 1. The van der Waals surface area contributed by atoms with Gasteiger partial charge in [0.2, 0.25) is 0 Å². The summed E-state index contributed by atoms with van der Waals surface area (Å²) < 4.78 is 4.87. The number of benzene rings is 2. The second-order valence-electron chi connectivity index (χ2n) is 4.92. The van der Waals surface area contributed by atoms with Gasteiger partial charge in [0.05, 0.1) is 17.6 Å². The number of hydrogen-bond donors (Lipinski definition) is 2. The zero-order valence-electron chi connectivity index (χ0n) is 12.3. The van der Waals surface area contributed by atoms with Crippen molar-refractivity contribution in [1.82, 2.24) is 9.97 Å². The maximum atomic E-state index is 11.4. The van der Waals surface area contributed by atoms with Crippen LogP contribution in [0.25, 0.3) is 11.0 Å². The van der Waals surface area contributed by atoms with Gasteiger partial charge >= 0.3 is 6.09 Å². The number of fused-ring (bicyclic) bond motifs is 1. The van der Waals surface area contributed by atoms with Gasteiger partial charge in [-0.15, -0.1) is 0 Å². The highest BCUT2D eigenvalue weighted by Gasteiger charge is 2.07. The summed E-state index contributed by atoms with van der Waals surface area (Å²) in [5.74, 6) is 0.898. The molecule has 0 fully saturated rings. The molecule has 0 spiro atoms. The average Bonchev–Trinajstić information content (AvgIpc) is 2.90. The number of imidazole rings is 1. The molecule has 0 saturated heterocycles. The third kappa shape index (κ3) is 3.25. The highest BCUT2D eigenvalue weighted by atomic mass is 16.5. The Morgan fingerprint density at radius 3 is 2.82 bits per heavy atom. The van der Waals surface area contributed by atoms with Crippen LogP contribution in [0.4, 0.5) is 10.5 Å². The van der Waals surface area contributed by atoms with E-state index in [-0.39, 0.29) is 0 Å². The summed E-state index contributed by atoms with van der Waals surface area (Å²) in [4.78, 5) is 19.3. The monoisotopic (exact) mass is 295 g/mol. The summed E-state index contributed by atoms with van der Waals surface area (Å²) in [6.45, 7) is 2.12. The number of aromatic amines is 1. The Hall–Kier alpha value is -2.82. The van der Waals surface area contributed by atoms with Crippen molar-refractivity contribution in [1.29, 1.82) is 0 Å². The van der Waals surface area contributed by atoms with Gasteiger partial charge in [-0.25, -0.2) is 9.78 Å². The van der Waals surface area contributed by atoms with Gasteiger partial charge in [0.25, 0.3) is 0 Å². The van der Waals surface area contributed by atoms with Gasteiger partial charge in [-0.1, -0.05) is 30.3 Å². The average molecular weight is 295 g/mol. The van der Waals surface area contributed by atoms with Crippen molar-refractivity contribution < 1.29 is 9.53 Å². The summed E-state index contributed by atoms with van der Waals surface area (Å²) in [7, 11) is 0. The van der Waals surface area contributed by atoms with Crippen LogP contribution in [-0.2, 0) is 11.2 Å². The van der Waals surface area contributed by atoms with Gasteiger partial charge < -0.3 is 9.72 Å². The van der Waals surface area contributed by atoms with Gasteiger partial charge in [-0.3, -0.25) is 5.32 Å². The van der Waals surface area contributed by atoms with Gasteiger partial charge in [-0.05, 0) is 30.7 Å². The second-order valence-corrected chi connectivity index (χ2v) is 4.92. The molecule has 112 valence electrons. The fourth-order valence-electron chi connectivity index (χ4n) is 2.30. The molecule has 3 rings (SSSR count). The fraction of sp³-hybridized carbons (Fsp3) is 0.176. The Bertz CT molecular complexity index is 781. The summed E-state index contributed by atoms with van der Waals surface area (Å²) in [6, 6.07) is 15.7. The molecule has 2 N–H and O–H groups in total. The van der Waals surface area contributed by atoms with Crippen LogP contribution in [0.1, 0.15) is 18.3 Å². The number of ether oxygens (including phenoxy) is 1. The first-order valence-corrected chi connectivity index (χ1v) is 7.21. The molecule has 0 bridgehead atoms. The number of carbonyl (C=O) groups is 1. The molecule has 0 unspecified atom stereocenters. The van der Waals surface area contributed by atoms with Gasteiger partial charge in [0.15, 0.2) is 0 Å². The Kier molecular flexibility index (Phi) is 4.05. The lowest BCUT2D eigenvalue weighted by Crippen LogP contribution is -2.13. The zero-order valence-corrected chi connectivity index (χ0v) is 12.3. The van der Waals surface area contributed by atoms with E-state index in [1.165, 1.54) is 5.56 Å². The molecule has 0 aliphatic carbocycles. The first-order valence-electron chi connectivity index (χ1n) is 7.21. The van der Waals surface area contributed by atoms with Gasteiger partial charge in [0.1, 0.15) is 5.82 Å². The first kappa shape index (κ1) is 14.1. The molecule has 22 heavy (non-hydrogen) atoms. The number of H-pyrrole nitrogens is 1. The quantitative estimate of drug-likeness (QED) is 0.770. The molecular formula is C17H17N3O2. The predicted molar refractivity (Wildman–Crippen MR) is 86.0 cm³/mol. The molecule has 3 aromatic rings. The number of hydrogen-bond acceptors (Lipinski definition) is 3. The van der Waals surface area contributed by atoms with Crippen LogP contribution in [0.5, 0.6) is 0 Å². The van der Waals surface area contributed by atoms with E-state index >= 15 is 0 Å². The minimum atomic E-state index is -0.453. The highest BCUT2D eigenvalue weighted by molar-refractivity contribution is 5.88. The van der Waals surface area contributed by atoms with E-state index in [9.17, 15) is 4.79 Å². The van der Waals surface area contributed by atoms with Crippen LogP contribution < -0.4 is 5.32 Å². The van der Waals surface area contributed by atoms with E-state index in [4.69, 9.17) is 4.74 Å². The number of anilines is 1. The summed E-state index contributed by atoms with van der Waals surface area (Å²) in [5, 5.41) is 2.68. The van der Waals surface area contributed by atoms with Crippen LogP contribution >= 0.6 is 0 Å². The number of aromatic nitrogens is 2. The standard InChI is InChI=1S/C17H17N3O2/c1-2-22-17(21)18-13-8-9-14-15(11-13)20-16(19-14)10-12-6-4-3-5-7-12/h3-9,11H,2,10H2,1H3,(H,18,21)(H,19,20). The Balaban J connectivity index is 1.79. The summed E-state index contributed by atoms with van der Waals surface area (Å²) in [5.41, 5.74) is 3.65. The van der Waals surface area contributed by atoms with Crippen molar-refractivity contribution in [3.05, 3.63) is 59.9 Å². The van der Waals surface area contributed by atoms with Gasteiger partial charge in [0, 0.05) is 12.1 Å². The fourth-order valence-corrected chi connectivity index (χ4v) is 2.30. The predicted octanol–water partition coefficient (Wildman–Crippen LogP) is 3.72. The maximum Gasteiger partial charge on any atom is 0.411 e. The lowest BCUT2D eigenvalue weighted by atomic mass is 10.1. The zero-order chi connectivity index (χ0) is 15.4. The first-order chi connectivity index (χ1) is 10.7. The SMILES string of the molecule is CCOC(=O)Nc1ccc2nc(Cc3ccccc3)[nH]c2c1. The number of nitrogens with one attached hydrogen (secondary N) is 2. The van der Waals surface area contributed by atoms with Crippen LogP contribution in [0, 0.1) is 0 Å². The molecule has 0 aliphatic rings. The minimum Gasteiger partial charge on any atom is -0.450 e. The lowest BCUT2D eigenvalue weighted by Gasteiger charge is -2.04. The normalized spacial score (nSPS) is 10.6. The molecule has 2 aromatic carbocycles. The van der Waals surface area contributed by atoms with E-state index in [2.05, 4.69) is 27.4 Å². The topological polar surface area (TPSA) is 67.0 Å². The molecular weight excluding hydrogens is 278 g/mol. The van der Waals surface area contributed by atoms with Crippen molar-refractivity contribution in [2.75, 3.05) is 11.9 Å². The summed E-state index contributed by atoms with van der Waals surface area (Å²) in [6.07, 6.45) is 0.293. The van der Waals surface area contributed by atoms with E-state index in [0.717, 1.165) is 23.3 Å². The Morgan fingerprint density at radius 1 is 1.23 bits per heavy atom. The number of amides is 1. The lowest BCUT2D eigenvalue weighted by molar-refractivity contribution is 0.168. The molecule has 5 nitrogen and oxygen atoms in total. The smallest absolute Gasteiger partial charge is 0.411 e. The summed E-state index contributed by atoms with van der Waals surface area (Å²) >= 11 is 0. The second kappa shape index (κ2) is 6.30. The van der Waals surface area contributed by atoms with Crippen molar-refractivity contribution in [3.63, 3.8) is 0 Å². The van der Waals surface area contributed by atoms with Crippen LogP contribution in [0.3, 0.4) is 0 Å². The van der Waals surface area contributed by atoms with E-state index in [1.807, 2.05) is 36.4 Å². The minimum absolute atomic E-state index is 0.347. The largest absolute Gasteiger partial charge is 0.450 e. The van der Waals surface area contributed by atoms with Gasteiger partial charge in [-0.2, -0.15) is 0 Å². The van der Waals surface area contributed by atoms with Crippen molar-refractivity contribution in [3.8, 4) is 0 Å². The molecule has 0 radical (unpaired) electrons. The number of rotatable bonds is 4. The molecule has 0 saturated carbocycles. The number of carbonyl (C=O) groups excluding carboxylic acids is 1. The third-order valence-electron chi connectivity index (χ3n) is 3.27. The van der Waals surface area contributed by atoms with E-state index < -0.39 is 6.09 Å². The van der Waals surface area contributed by atoms with Crippen molar-refractivity contribution >= 4 is 22.8 Å². The Morgan fingerprint density at radius 2 is 2.05 bits per heavy atom. The van der Waals surface area contributed by atoms with Crippen LogP contribution in [0.2, 0.25) is 0 Å². The molecule has 0 atom stereocenters. The molecule has 1 aromatic heterocycles. The maximum absolute atomic E-state index is 11.4. The van der Waals surface area contributed by atoms with Crippen molar-refractivity contribution in [2.45, 2.75) is 13.3 Å². The Labute approximate surface area is 128 Å². The molecule has 5 heteroatoms. The van der Waals surface area contributed by atoms with Crippen molar-refractivity contribution in [2.24, 2.45) is 0 Å². The molecule has 1 amide bonds. The highest BCUT2D eigenvalue weighted by Crippen LogP contribution is 2.18. The third-order valence-corrected chi connectivity index (χ3v) is 3.27. The van der Waals surface area contributed by atoms with E-state index in [1.54, 1.807) is 6.92 Å². The van der Waals surface area contributed by atoms with Crippen LogP contribution in [-0.4, -0.2) is 22.7 Å². The van der Waals surface area contributed by atoms with Crippen LogP contribution in [0.15, 0.2) is 48.5 Å². The molecule has 1 heterocycles.